The molecule has 6 nitrogen and oxygen atoms in total. The predicted molar refractivity (Wildman–Crippen MR) is 99.1 cm³/mol. The van der Waals surface area contributed by atoms with E-state index in [1.165, 1.54) is 29.3 Å². The van der Waals surface area contributed by atoms with Crippen molar-refractivity contribution in [1.29, 1.82) is 0 Å². The highest BCUT2D eigenvalue weighted by atomic mass is 19.4. The maximum absolute atomic E-state index is 13.7. The standard InChI is InChI=1S/C20H23F3N2O4/c1-4-28-18(26)14-10-25(11-24)12(3)16(19(27)29-5-2)17(14)13-8-6-7-9-15(13)20(21,22)23/h6-10,17H,4-5,11,24H2,1-3H3. The second-order valence-corrected chi connectivity index (χ2v) is 6.19. The molecule has 2 rings (SSSR count). The second-order valence-electron chi connectivity index (χ2n) is 6.19. The van der Waals surface area contributed by atoms with Crippen molar-refractivity contribution in [2.24, 2.45) is 5.73 Å². The Balaban J connectivity index is 2.79. The van der Waals surface area contributed by atoms with Crippen LogP contribution in [0.3, 0.4) is 0 Å². The predicted octanol–water partition coefficient (Wildman–Crippen LogP) is 3.30. The number of alkyl halides is 3. The van der Waals surface area contributed by atoms with Gasteiger partial charge in [0.2, 0.25) is 0 Å². The molecule has 0 spiro atoms. The average molecular weight is 412 g/mol. The lowest BCUT2D eigenvalue weighted by atomic mass is 9.79. The van der Waals surface area contributed by atoms with E-state index in [1.54, 1.807) is 20.8 Å². The number of halogens is 3. The number of ether oxygens (including phenoxy) is 2. The van der Waals surface area contributed by atoms with E-state index in [4.69, 9.17) is 15.2 Å². The van der Waals surface area contributed by atoms with Gasteiger partial charge in [-0.1, -0.05) is 18.2 Å². The number of carbonyl (C=O) groups excluding carboxylic acids is 2. The number of allylic oxidation sites excluding steroid dienone is 1. The second kappa shape index (κ2) is 9.13. The fraction of sp³-hybridized carbons (Fsp3) is 0.400. The number of carbonyl (C=O) groups is 2. The number of esters is 2. The van der Waals surface area contributed by atoms with E-state index in [0.717, 1.165) is 6.07 Å². The summed E-state index contributed by atoms with van der Waals surface area (Å²) in [6.45, 7) is 4.65. The number of hydrogen-bond acceptors (Lipinski definition) is 6. The fourth-order valence-corrected chi connectivity index (χ4v) is 3.24. The minimum absolute atomic E-state index is 0.0177. The Hall–Kier alpha value is -2.81. The summed E-state index contributed by atoms with van der Waals surface area (Å²) in [7, 11) is 0. The van der Waals surface area contributed by atoms with Crippen LogP contribution in [0.15, 0.2) is 47.3 Å². The van der Waals surface area contributed by atoms with Crippen molar-refractivity contribution < 1.29 is 32.2 Å². The van der Waals surface area contributed by atoms with Crippen LogP contribution in [0.25, 0.3) is 0 Å². The molecular weight excluding hydrogens is 389 g/mol. The van der Waals surface area contributed by atoms with E-state index in [1.807, 2.05) is 0 Å². The van der Waals surface area contributed by atoms with Crippen LogP contribution in [0.5, 0.6) is 0 Å². The molecule has 0 radical (unpaired) electrons. The van der Waals surface area contributed by atoms with Gasteiger partial charge in [-0.15, -0.1) is 0 Å². The van der Waals surface area contributed by atoms with Crippen LogP contribution in [0, 0.1) is 0 Å². The third kappa shape index (κ3) is 4.61. The van der Waals surface area contributed by atoms with E-state index in [2.05, 4.69) is 0 Å². The molecule has 0 aromatic heterocycles. The lowest BCUT2D eigenvalue weighted by Crippen LogP contribution is -2.35. The van der Waals surface area contributed by atoms with Crippen molar-refractivity contribution >= 4 is 11.9 Å². The lowest BCUT2D eigenvalue weighted by Gasteiger charge is -2.34. The zero-order valence-electron chi connectivity index (χ0n) is 16.4. The zero-order valence-corrected chi connectivity index (χ0v) is 16.4. The Morgan fingerprint density at radius 2 is 1.69 bits per heavy atom. The molecule has 0 aliphatic carbocycles. The van der Waals surface area contributed by atoms with E-state index >= 15 is 0 Å². The first-order valence-electron chi connectivity index (χ1n) is 9.06. The Morgan fingerprint density at radius 1 is 1.10 bits per heavy atom. The summed E-state index contributed by atoms with van der Waals surface area (Å²) >= 11 is 0. The van der Waals surface area contributed by atoms with Gasteiger partial charge in [0.25, 0.3) is 0 Å². The maximum Gasteiger partial charge on any atom is 0.416 e. The van der Waals surface area contributed by atoms with E-state index in [-0.39, 0.29) is 36.6 Å². The summed E-state index contributed by atoms with van der Waals surface area (Å²) in [5.41, 5.74) is 4.63. The van der Waals surface area contributed by atoms with Gasteiger partial charge in [0.05, 0.1) is 42.5 Å². The van der Waals surface area contributed by atoms with Crippen molar-refractivity contribution in [2.75, 3.05) is 19.9 Å². The number of hydrogen-bond donors (Lipinski definition) is 1. The SMILES string of the molecule is CCOC(=O)C1=CN(CN)C(C)=C(C(=O)OCC)C1c1ccccc1C(F)(F)F. The first kappa shape index (κ1) is 22.5. The molecule has 1 aliphatic rings. The first-order chi connectivity index (χ1) is 13.7. The fourth-order valence-electron chi connectivity index (χ4n) is 3.24. The Bertz CT molecular complexity index is 846. The van der Waals surface area contributed by atoms with Gasteiger partial charge in [-0.3, -0.25) is 0 Å². The van der Waals surface area contributed by atoms with Gasteiger partial charge < -0.3 is 20.1 Å². The van der Waals surface area contributed by atoms with Gasteiger partial charge in [-0.25, -0.2) is 9.59 Å². The Labute approximate surface area is 166 Å². The van der Waals surface area contributed by atoms with Crippen molar-refractivity contribution in [3.63, 3.8) is 0 Å². The molecular formula is C20H23F3N2O4. The van der Waals surface area contributed by atoms with Gasteiger partial charge in [-0.05, 0) is 32.4 Å². The number of benzene rings is 1. The molecule has 1 aliphatic heterocycles. The third-order valence-electron chi connectivity index (χ3n) is 4.50. The molecule has 1 aromatic rings. The summed E-state index contributed by atoms with van der Waals surface area (Å²) in [5.74, 6) is -2.96. The number of rotatable bonds is 6. The monoisotopic (exact) mass is 412 g/mol. The summed E-state index contributed by atoms with van der Waals surface area (Å²) in [6.07, 6.45) is -3.36. The van der Waals surface area contributed by atoms with Gasteiger partial charge in [-0.2, -0.15) is 13.2 Å². The molecule has 158 valence electrons. The number of nitrogens with two attached hydrogens (primary N) is 1. The highest BCUT2D eigenvalue weighted by Gasteiger charge is 2.43. The first-order valence-corrected chi connectivity index (χ1v) is 9.06. The van der Waals surface area contributed by atoms with Crippen molar-refractivity contribution in [1.82, 2.24) is 4.90 Å². The molecule has 29 heavy (non-hydrogen) atoms. The van der Waals surface area contributed by atoms with Crippen molar-refractivity contribution in [3.8, 4) is 0 Å². The molecule has 0 fully saturated rings. The molecule has 1 unspecified atom stereocenters. The van der Waals surface area contributed by atoms with Gasteiger partial charge in [0, 0.05) is 11.9 Å². The molecule has 0 saturated carbocycles. The van der Waals surface area contributed by atoms with Crippen LogP contribution in [0.4, 0.5) is 13.2 Å². The Morgan fingerprint density at radius 3 is 2.24 bits per heavy atom. The quantitative estimate of drug-likeness (QED) is 0.722. The highest BCUT2D eigenvalue weighted by molar-refractivity contribution is 5.99. The lowest BCUT2D eigenvalue weighted by molar-refractivity contribution is -0.142. The van der Waals surface area contributed by atoms with E-state index in [9.17, 15) is 22.8 Å². The molecule has 2 N–H and O–H groups in total. The molecule has 9 heteroatoms. The van der Waals surface area contributed by atoms with Crippen LogP contribution in [-0.2, 0) is 25.2 Å². The molecule has 1 aromatic carbocycles. The van der Waals surface area contributed by atoms with Crippen LogP contribution < -0.4 is 5.73 Å². The summed E-state index contributed by atoms with van der Waals surface area (Å²) in [4.78, 5) is 26.8. The van der Waals surface area contributed by atoms with Crippen molar-refractivity contribution in [2.45, 2.75) is 32.9 Å². The van der Waals surface area contributed by atoms with Gasteiger partial charge >= 0.3 is 18.1 Å². The smallest absolute Gasteiger partial charge is 0.416 e. The zero-order chi connectivity index (χ0) is 21.8. The molecule has 0 amide bonds. The molecule has 0 bridgehead atoms. The summed E-state index contributed by atoms with van der Waals surface area (Å²) in [6, 6.07) is 4.81. The Kier molecular flexibility index (Phi) is 7.07. The maximum atomic E-state index is 13.7. The van der Waals surface area contributed by atoms with Crippen LogP contribution in [-0.4, -0.2) is 36.7 Å². The molecule has 0 saturated heterocycles. The largest absolute Gasteiger partial charge is 0.463 e. The highest BCUT2D eigenvalue weighted by Crippen LogP contribution is 2.44. The van der Waals surface area contributed by atoms with Gasteiger partial charge in [0.1, 0.15) is 0 Å². The van der Waals surface area contributed by atoms with Crippen molar-refractivity contribution in [3.05, 3.63) is 58.4 Å². The van der Waals surface area contributed by atoms with Crippen LogP contribution in [0.2, 0.25) is 0 Å². The van der Waals surface area contributed by atoms with Crippen LogP contribution in [0.1, 0.15) is 37.8 Å². The molecule has 1 heterocycles. The third-order valence-corrected chi connectivity index (χ3v) is 4.50. The topological polar surface area (TPSA) is 81.9 Å². The minimum atomic E-state index is -4.69. The summed E-state index contributed by atoms with van der Waals surface area (Å²) in [5, 5.41) is 0. The van der Waals surface area contributed by atoms with Crippen LogP contribution >= 0.6 is 0 Å². The van der Waals surface area contributed by atoms with E-state index < -0.39 is 29.6 Å². The average Bonchev–Trinajstić information content (AvgIpc) is 2.67. The van der Waals surface area contributed by atoms with E-state index in [0.29, 0.717) is 5.70 Å². The normalized spacial score (nSPS) is 17.1. The molecule has 1 atom stereocenters. The van der Waals surface area contributed by atoms with Gasteiger partial charge in [0.15, 0.2) is 0 Å². The summed E-state index contributed by atoms with van der Waals surface area (Å²) < 4.78 is 51.2. The minimum Gasteiger partial charge on any atom is -0.463 e. The number of nitrogens with zero attached hydrogens (tertiary/aromatic N) is 1.